The second-order valence-electron chi connectivity index (χ2n) is 4.70. The van der Waals surface area contributed by atoms with Gasteiger partial charge in [-0.2, -0.15) is 0 Å². The van der Waals surface area contributed by atoms with Crippen molar-refractivity contribution in [2.24, 2.45) is 0 Å². The molecule has 0 aliphatic heterocycles. The topological polar surface area (TPSA) is 41.6 Å². The zero-order chi connectivity index (χ0) is 12.8. The van der Waals surface area contributed by atoms with Crippen LogP contribution in [0.3, 0.4) is 0 Å². The van der Waals surface area contributed by atoms with Gasteiger partial charge in [-0.25, -0.2) is 4.79 Å². The molecule has 0 radical (unpaired) electrons. The fourth-order valence-corrected chi connectivity index (χ4v) is 1.72. The Morgan fingerprint density at radius 1 is 1.59 bits per heavy atom. The van der Waals surface area contributed by atoms with Crippen LogP contribution in [-0.4, -0.2) is 49.7 Å². The molecule has 0 spiro atoms. The van der Waals surface area contributed by atoms with Gasteiger partial charge in [0.25, 0.3) is 0 Å². The number of rotatable bonds is 8. The highest BCUT2D eigenvalue weighted by molar-refractivity contribution is 5.88. The Kier molecular flexibility index (Phi) is 5.65. The lowest BCUT2D eigenvalue weighted by molar-refractivity contribution is -0.138. The lowest BCUT2D eigenvalue weighted by Crippen LogP contribution is -2.40. The van der Waals surface area contributed by atoms with Gasteiger partial charge in [-0.3, -0.25) is 4.90 Å². The second-order valence-corrected chi connectivity index (χ2v) is 4.70. The van der Waals surface area contributed by atoms with Crippen molar-refractivity contribution in [3.8, 4) is 0 Å². The lowest BCUT2D eigenvalue weighted by Gasteiger charge is -2.24. The van der Waals surface area contributed by atoms with Gasteiger partial charge < -0.3 is 10.1 Å². The summed E-state index contributed by atoms with van der Waals surface area (Å²) in [6, 6.07) is 1.25. The molecule has 4 heteroatoms. The maximum absolute atomic E-state index is 11.3. The summed E-state index contributed by atoms with van der Waals surface area (Å²) in [7, 11) is 2.16. The highest BCUT2D eigenvalue weighted by Gasteiger charge is 2.28. The van der Waals surface area contributed by atoms with Crippen LogP contribution in [-0.2, 0) is 9.53 Å². The van der Waals surface area contributed by atoms with E-state index < -0.39 is 0 Å². The van der Waals surface area contributed by atoms with Gasteiger partial charge in [-0.05, 0) is 33.7 Å². The van der Waals surface area contributed by atoms with Crippen molar-refractivity contribution in [3.05, 3.63) is 12.2 Å². The van der Waals surface area contributed by atoms with Gasteiger partial charge in [0.05, 0.1) is 6.61 Å². The molecule has 1 aliphatic rings. The van der Waals surface area contributed by atoms with Crippen molar-refractivity contribution in [1.29, 1.82) is 0 Å². The van der Waals surface area contributed by atoms with Crippen molar-refractivity contribution in [3.63, 3.8) is 0 Å². The molecule has 0 bridgehead atoms. The maximum atomic E-state index is 11.3. The molecule has 1 unspecified atom stereocenters. The predicted molar refractivity (Wildman–Crippen MR) is 68.9 cm³/mol. The molecule has 1 aliphatic carbocycles. The molecule has 1 fully saturated rings. The van der Waals surface area contributed by atoms with Crippen molar-refractivity contribution < 1.29 is 9.53 Å². The Labute approximate surface area is 104 Å². The van der Waals surface area contributed by atoms with Crippen LogP contribution in [0.5, 0.6) is 0 Å². The van der Waals surface area contributed by atoms with Crippen molar-refractivity contribution in [1.82, 2.24) is 10.2 Å². The third-order valence-electron chi connectivity index (χ3n) is 3.16. The monoisotopic (exact) mass is 240 g/mol. The first-order valence-corrected chi connectivity index (χ1v) is 6.33. The molecule has 0 aromatic rings. The summed E-state index contributed by atoms with van der Waals surface area (Å²) in [6.07, 6.45) is 2.63. The Morgan fingerprint density at radius 3 is 2.76 bits per heavy atom. The van der Waals surface area contributed by atoms with E-state index >= 15 is 0 Å². The minimum Gasteiger partial charge on any atom is -0.463 e. The molecule has 1 rings (SSSR count). The first-order chi connectivity index (χ1) is 8.06. The Bertz CT molecular complexity index is 275. The molecule has 4 nitrogen and oxygen atoms in total. The Morgan fingerprint density at radius 2 is 2.24 bits per heavy atom. The highest BCUT2D eigenvalue weighted by atomic mass is 16.5. The third-order valence-corrected chi connectivity index (χ3v) is 3.16. The van der Waals surface area contributed by atoms with E-state index in [-0.39, 0.29) is 5.97 Å². The molecule has 17 heavy (non-hydrogen) atoms. The van der Waals surface area contributed by atoms with E-state index in [4.69, 9.17) is 4.74 Å². The van der Waals surface area contributed by atoms with E-state index in [1.165, 1.54) is 12.8 Å². The molecule has 0 heterocycles. The zero-order valence-corrected chi connectivity index (χ0v) is 11.2. The molecule has 0 amide bonds. The quantitative estimate of drug-likeness (QED) is 0.511. The molecule has 0 aromatic carbocycles. The summed E-state index contributed by atoms with van der Waals surface area (Å²) in [5.74, 6) is -0.303. The predicted octanol–water partition coefficient (Wildman–Crippen LogP) is 1.18. The van der Waals surface area contributed by atoms with Crippen LogP contribution in [0.15, 0.2) is 12.2 Å². The Hall–Kier alpha value is -0.870. The average molecular weight is 240 g/mol. The van der Waals surface area contributed by atoms with Gasteiger partial charge in [-0.15, -0.1) is 0 Å². The molecule has 0 saturated heterocycles. The van der Waals surface area contributed by atoms with E-state index in [0.29, 0.717) is 24.8 Å². The molecule has 1 atom stereocenters. The van der Waals surface area contributed by atoms with Crippen molar-refractivity contribution >= 4 is 5.97 Å². The zero-order valence-electron chi connectivity index (χ0n) is 11.2. The smallest absolute Gasteiger partial charge is 0.334 e. The van der Waals surface area contributed by atoms with E-state index in [0.717, 1.165) is 12.6 Å². The van der Waals surface area contributed by atoms with Crippen LogP contribution >= 0.6 is 0 Å². The van der Waals surface area contributed by atoms with Crippen LogP contribution in [0.1, 0.15) is 26.7 Å². The first kappa shape index (κ1) is 14.2. The van der Waals surface area contributed by atoms with Crippen molar-refractivity contribution in [2.75, 3.05) is 26.7 Å². The fourth-order valence-electron chi connectivity index (χ4n) is 1.72. The van der Waals surface area contributed by atoms with Crippen LogP contribution in [0.4, 0.5) is 0 Å². The van der Waals surface area contributed by atoms with Gasteiger partial charge in [0, 0.05) is 30.7 Å². The fraction of sp³-hybridized carbons (Fsp3) is 0.769. The summed E-state index contributed by atoms with van der Waals surface area (Å²) in [5, 5.41) is 3.25. The van der Waals surface area contributed by atoms with E-state index in [1.54, 1.807) is 6.92 Å². The summed E-state index contributed by atoms with van der Waals surface area (Å²) in [6.45, 7) is 9.47. The van der Waals surface area contributed by atoms with Crippen LogP contribution in [0.2, 0.25) is 0 Å². The third kappa shape index (κ3) is 4.88. The molecule has 1 N–H and O–H groups in total. The van der Waals surface area contributed by atoms with Gasteiger partial charge in [0.1, 0.15) is 0 Å². The average Bonchev–Trinajstić information content (AvgIpc) is 3.11. The van der Waals surface area contributed by atoms with E-state index in [9.17, 15) is 4.79 Å². The second kappa shape index (κ2) is 6.77. The Balaban J connectivity index is 2.13. The standard InChI is InChI=1S/C13H24N2O2/c1-5-17-13(16)10(2)8-14-9-11(3)15(4)12-6-7-12/h11-12,14H,2,5-9H2,1,3-4H3. The molecular formula is C13H24N2O2. The molecule has 0 aromatic heterocycles. The summed E-state index contributed by atoms with van der Waals surface area (Å²) in [5.41, 5.74) is 0.494. The molecule has 1 saturated carbocycles. The lowest BCUT2D eigenvalue weighted by atomic mass is 10.2. The number of hydrogen-bond acceptors (Lipinski definition) is 4. The molecular weight excluding hydrogens is 216 g/mol. The minimum absolute atomic E-state index is 0.303. The number of nitrogens with one attached hydrogen (secondary N) is 1. The largest absolute Gasteiger partial charge is 0.463 e. The highest BCUT2D eigenvalue weighted by Crippen LogP contribution is 2.26. The number of hydrogen-bond donors (Lipinski definition) is 1. The van der Waals surface area contributed by atoms with Gasteiger partial charge in [0.2, 0.25) is 0 Å². The van der Waals surface area contributed by atoms with Gasteiger partial charge >= 0.3 is 5.97 Å². The van der Waals surface area contributed by atoms with Crippen LogP contribution < -0.4 is 5.32 Å². The minimum atomic E-state index is -0.303. The number of nitrogens with zero attached hydrogens (tertiary/aromatic N) is 1. The van der Waals surface area contributed by atoms with Crippen LogP contribution in [0, 0.1) is 0 Å². The normalized spacial score (nSPS) is 16.9. The molecule has 98 valence electrons. The SMILES string of the molecule is C=C(CNCC(C)N(C)C1CC1)C(=O)OCC. The number of likely N-dealkylation sites (N-methyl/N-ethyl adjacent to an activating group) is 1. The van der Waals surface area contributed by atoms with E-state index in [2.05, 4.69) is 30.8 Å². The number of esters is 1. The number of carbonyl (C=O) groups excluding carboxylic acids is 1. The van der Waals surface area contributed by atoms with Gasteiger partial charge in [0.15, 0.2) is 0 Å². The summed E-state index contributed by atoms with van der Waals surface area (Å²) < 4.78 is 4.87. The van der Waals surface area contributed by atoms with Crippen molar-refractivity contribution in [2.45, 2.75) is 38.8 Å². The summed E-state index contributed by atoms with van der Waals surface area (Å²) in [4.78, 5) is 13.7. The van der Waals surface area contributed by atoms with Gasteiger partial charge in [-0.1, -0.05) is 6.58 Å². The first-order valence-electron chi connectivity index (χ1n) is 6.33. The summed E-state index contributed by atoms with van der Waals surface area (Å²) >= 11 is 0. The number of ether oxygens (including phenoxy) is 1. The van der Waals surface area contributed by atoms with E-state index in [1.807, 2.05) is 0 Å². The van der Waals surface area contributed by atoms with Crippen LogP contribution in [0.25, 0.3) is 0 Å². The number of carbonyl (C=O) groups is 1. The maximum Gasteiger partial charge on any atom is 0.334 e.